The van der Waals surface area contributed by atoms with Gasteiger partial charge in [0.25, 0.3) is 0 Å². The van der Waals surface area contributed by atoms with Gasteiger partial charge in [-0.25, -0.2) is 0 Å². The molecule has 2 N–H and O–H groups in total. The van der Waals surface area contributed by atoms with E-state index >= 15 is 0 Å². The van der Waals surface area contributed by atoms with Gasteiger partial charge in [0.05, 0.1) is 12.0 Å². The predicted molar refractivity (Wildman–Crippen MR) is 65.7 cm³/mol. The topological polar surface area (TPSA) is 77.8 Å². The lowest BCUT2D eigenvalue weighted by atomic mass is 9.99. The first-order valence-corrected chi connectivity index (χ1v) is 6.27. The minimum Gasteiger partial charge on any atom is -0.339 e. The highest BCUT2D eigenvalue weighted by atomic mass is 16.5. The van der Waals surface area contributed by atoms with Crippen molar-refractivity contribution in [2.24, 2.45) is 5.73 Å². The number of aromatic nitrogens is 3. The second kappa shape index (κ2) is 4.49. The van der Waals surface area contributed by atoms with Gasteiger partial charge in [0, 0.05) is 12.4 Å². The highest BCUT2D eigenvalue weighted by Gasteiger charge is 2.35. The van der Waals surface area contributed by atoms with E-state index in [1.54, 1.807) is 12.4 Å². The van der Waals surface area contributed by atoms with E-state index in [9.17, 15) is 0 Å². The van der Waals surface area contributed by atoms with Crippen molar-refractivity contribution in [2.45, 2.75) is 37.6 Å². The number of pyridine rings is 1. The molecule has 0 spiro atoms. The number of nitrogens with zero attached hydrogens (tertiary/aromatic N) is 3. The third kappa shape index (κ3) is 2.13. The Kier molecular flexibility index (Phi) is 2.83. The summed E-state index contributed by atoms with van der Waals surface area (Å²) in [4.78, 5) is 8.49. The van der Waals surface area contributed by atoms with E-state index in [0.717, 1.165) is 31.2 Å². The third-order valence-corrected chi connectivity index (χ3v) is 3.49. The second-order valence-electron chi connectivity index (χ2n) is 4.91. The minimum absolute atomic E-state index is 0.378. The van der Waals surface area contributed by atoms with E-state index in [0.29, 0.717) is 18.1 Å². The Hall–Kier alpha value is -1.75. The van der Waals surface area contributed by atoms with Crippen molar-refractivity contribution in [1.29, 1.82) is 0 Å². The lowest BCUT2D eigenvalue weighted by Gasteiger charge is -2.17. The number of hydrogen-bond acceptors (Lipinski definition) is 5. The first-order valence-electron chi connectivity index (χ1n) is 6.27. The quantitative estimate of drug-likeness (QED) is 0.890. The molecule has 0 aliphatic heterocycles. The van der Waals surface area contributed by atoms with Gasteiger partial charge in [-0.2, -0.15) is 4.98 Å². The van der Waals surface area contributed by atoms with Crippen LogP contribution in [0.5, 0.6) is 0 Å². The molecule has 5 nitrogen and oxygen atoms in total. The molecule has 1 aliphatic carbocycles. The molecular formula is C13H16N4O. The minimum atomic E-state index is -0.378. The summed E-state index contributed by atoms with van der Waals surface area (Å²) >= 11 is 0. The smallest absolute Gasteiger partial charge is 0.231 e. The lowest BCUT2D eigenvalue weighted by Crippen LogP contribution is -2.34. The van der Waals surface area contributed by atoms with E-state index in [1.165, 1.54) is 0 Å². The van der Waals surface area contributed by atoms with Crippen molar-refractivity contribution in [2.75, 3.05) is 0 Å². The van der Waals surface area contributed by atoms with Crippen LogP contribution in [-0.2, 0) is 12.0 Å². The van der Waals surface area contributed by atoms with E-state index in [4.69, 9.17) is 10.3 Å². The Bertz CT molecular complexity index is 517. The molecule has 0 bridgehead atoms. The zero-order valence-corrected chi connectivity index (χ0v) is 10.2. The van der Waals surface area contributed by atoms with Gasteiger partial charge in [-0.3, -0.25) is 4.98 Å². The zero-order valence-electron chi connectivity index (χ0n) is 10.2. The largest absolute Gasteiger partial charge is 0.339 e. The fourth-order valence-electron chi connectivity index (χ4n) is 2.44. The van der Waals surface area contributed by atoms with E-state index in [2.05, 4.69) is 15.1 Å². The van der Waals surface area contributed by atoms with Crippen LogP contribution in [0.4, 0.5) is 0 Å². The molecule has 1 saturated carbocycles. The molecule has 5 heteroatoms. The molecule has 1 fully saturated rings. The summed E-state index contributed by atoms with van der Waals surface area (Å²) in [5.41, 5.74) is 6.97. The number of hydrogen-bond donors (Lipinski definition) is 1. The van der Waals surface area contributed by atoms with Crippen LogP contribution in [-0.4, -0.2) is 15.1 Å². The maximum absolute atomic E-state index is 6.29. The summed E-state index contributed by atoms with van der Waals surface area (Å²) in [6, 6.07) is 3.89. The molecule has 0 radical (unpaired) electrons. The maximum atomic E-state index is 6.29. The monoisotopic (exact) mass is 244 g/mol. The van der Waals surface area contributed by atoms with Gasteiger partial charge in [-0.05, 0) is 24.5 Å². The summed E-state index contributed by atoms with van der Waals surface area (Å²) in [5, 5.41) is 4.03. The van der Waals surface area contributed by atoms with Crippen LogP contribution in [0.15, 0.2) is 29.0 Å². The van der Waals surface area contributed by atoms with Crippen LogP contribution in [0.2, 0.25) is 0 Å². The summed E-state index contributed by atoms with van der Waals surface area (Å²) in [7, 11) is 0. The van der Waals surface area contributed by atoms with Gasteiger partial charge in [-0.15, -0.1) is 0 Å². The zero-order chi connectivity index (χ0) is 12.4. The third-order valence-electron chi connectivity index (χ3n) is 3.49. The van der Waals surface area contributed by atoms with Gasteiger partial charge < -0.3 is 10.3 Å². The van der Waals surface area contributed by atoms with Crippen molar-refractivity contribution in [3.63, 3.8) is 0 Å². The summed E-state index contributed by atoms with van der Waals surface area (Å²) < 4.78 is 5.28. The van der Waals surface area contributed by atoms with E-state index in [-0.39, 0.29) is 5.54 Å². The molecule has 0 amide bonds. The molecule has 2 heterocycles. The summed E-state index contributed by atoms with van der Waals surface area (Å²) in [6.45, 7) is 0. The Morgan fingerprint density at radius 3 is 2.89 bits per heavy atom. The molecule has 0 unspecified atom stereocenters. The number of nitrogens with two attached hydrogens (primary N) is 1. The Morgan fingerprint density at radius 1 is 1.33 bits per heavy atom. The van der Waals surface area contributed by atoms with Gasteiger partial charge in [0.15, 0.2) is 5.82 Å². The van der Waals surface area contributed by atoms with Gasteiger partial charge in [-0.1, -0.05) is 24.1 Å². The maximum Gasteiger partial charge on any atom is 0.231 e. The fourth-order valence-corrected chi connectivity index (χ4v) is 2.44. The average Bonchev–Trinajstić information content (AvgIpc) is 3.01. The Balaban J connectivity index is 1.78. The van der Waals surface area contributed by atoms with Crippen LogP contribution < -0.4 is 5.73 Å². The first kappa shape index (κ1) is 11.3. The molecule has 0 aromatic carbocycles. The van der Waals surface area contributed by atoms with Crippen LogP contribution in [0.1, 0.15) is 43.0 Å². The molecule has 2 aromatic heterocycles. The standard InChI is InChI=1S/C13H16N4O/c14-13(5-1-2-6-13)12-16-11(18-17-12)8-10-4-3-7-15-9-10/h3-4,7,9H,1-2,5-6,8,14H2. The molecule has 94 valence electrons. The highest BCUT2D eigenvalue weighted by molar-refractivity contribution is 5.14. The molecule has 0 atom stereocenters. The first-order chi connectivity index (χ1) is 8.76. The van der Waals surface area contributed by atoms with Crippen molar-refractivity contribution in [3.05, 3.63) is 41.8 Å². The molecule has 2 aromatic rings. The van der Waals surface area contributed by atoms with Gasteiger partial charge >= 0.3 is 0 Å². The SMILES string of the molecule is NC1(c2noc(Cc3cccnc3)n2)CCCC1. The van der Waals surface area contributed by atoms with E-state index < -0.39 is 0 Å². The molecule has 18 heavy (non-hydrogen) atoms. The Labute approximate surface area is 105 Å². The van der Waals surface area contributed by atoms with Crippen molar-refractivity contribution < 1.29 is 4.52 Å². The van der Waals surface area contributed by atoms with E-state index in [1.807, 2.05) is 12.1 Å². The predicted octanol–water partition coefficient (Wildman–Crippen LogP) is 1.78. The molecule has 3 rings (SSSR count). The van der Waals surface area contributed by atoms with Crippen molar-refractivity contribution in [3.8, 4) is 0 Å². The normalized spacial score (nSPS) is 18.1. The van der Waals surface area contributed by atoms with Crippen LogP contribution in [0.25, 0.3) is 0 Å². The molecule has 0 saturated heterocycles. The van der Waals surface area contributed by atoms with Crippen molar-refractivity contribution in [1.82, 2.24) is 15.1 Å². The number of rotatable bonds is 3. The summed E-state index contributed by atoms with van der Waals surface area (Å²) in [5.74, 6) is 1.26. The second-order valence-corrected chi connectivity index (χ2v) is 4.91. The fraction of sp³-hybridized carbons (Fsp3) is 0.462. The van der Waals surface area contributed by atoms with Crippen LogP contribution in [0.3, 0.4) is 0 Å². The highest BCUT2D eigenvalue weighted by Crippen LogP contribution is 2.34. The van der Waals surface area contributed by atoms with Gasteiger partial charge in [0.2, 0.25) is 5.89 Å². The van der Waals surface area contributed by atoms with Crippen molar-refractivity contribution >= 4 is 0 Å². The summed E-state index contributed by atoms with van der Waals surface area (Å²) in [6.07, 6.45) is 8.33. The molecular weight excluding hydrogens is 228 g/mol. The van der Waals surface area contributed by atoms with Crippen LogP contribution in [0, 0.1) is 0 Å². The Morgan fingerprint density at radius 2 is 2.17 bits per heavy atom. The lowest BCUT2D eigenvalue weighted by molar-refractivity contribution is 0.352. The average molecular weight is 244 g/mol. The van der Waals surface area contributed by atoms with Gasteiger partial charge in [0.1, 0.15) is 0 Å². The van der Waals surface area contributed by atoms with Crippen LogP contribution >= 0.6 is 0 Å². The molecule has 1 aliphatic rings.